The van der Waals surface area contributed by atoms with Crippen LogP contribution in [0.1, 0.15) is 41.4 Å². The molecule has 7 aromatic rings. The van der Waals surface area contributed by atoms with Gasteiger partial charge in [0.25, 0.3) is 11.8 Å². The quantitative estimate of drug-likeness (QED) is 0.0591. The molecular weight excluding hydrogens is 709 g/mol. The molecule has 7 aromatic carbocycles. The summed E-state index contributed by atoms with van der Waals surface area (Å²) < 4.78 is 22.0. The molecule has 2 N–H and O–H groups in total. The molecule has 0 saturated carbocycles. The van der Waals surface area contributed by atoms with E-state index in [9.17, 15) is 19.2 Å². The Balaban J connectivity index is 0.751. The van der Waals surface area contributed by atoms with Gasteiger partial charge in [-0.2, -0.15) is 0 Å². The fourth-order valence-electron chi connectivity index (χ4n) is 6.49. The molecule has 0 aliphatic rings. The number of rotatable bonds is 16. The van der Waals surface area contributed by atoms with Crippen LogP contribution in [0, 0.1) is 0 Å². The number of esters is 2. The largest absolute Gasteiger partial charge is 0.460 e. The van der Waals surface area contributed by atoms with E-state index in [-0.39, 0.29) is 64.5 Å². The van der Waals surface area contributed by atoms with Gasteiger partial charge in [0.05, 0.1) is 37.6 Å². The third-order valence-electron chi connectivity index (χ3n) is 9.33. The monoisotopic (exact) mass is 748 g/mol. The number of hydrogen-bond donors (Lipinski definition) is 2. The first kappa shape index (κ1) is 37.7. The van der Waals surface area contributed by atoms with Gasteiger partial charge in [-0.05, 0) is 104 Å². The maximum absolute atomic E-state index is 12.8. The second-order valence-corrected chi connectivity index (χ2v) is 13.0. The van der Waals surface area contributed by atoms with E-state index in [0.717, 1.165) is 43.1 Å². The number of nitrogens with one attached hydrogen (secondary N) is 2. The number of ether oxygens (including phenoxy) is 4. The fourth-order valence-corrected chi connectivity index (χ4v) is 6.49. The average Bonchev–Trinajstić information content (AvgIpc) is 3.23. The van der Waals surface area contributed by atoms with Crippen molar-refractivity contribution in [1.82, 2.24) is 10.6 Å². The highest BCUT2D eigenvalue weighted by Gasteiger charge is 2.14. The lowest BCUT2D eigenvalue weighted by molar-refractivity contribution is 0.0317. The van der Waals surface area contributed by atoms with Crippen molar-refractivity contribution in [3.63, 3.8) is 0 Å². The van der Waals surface area contributed by atoms with Gasteiger partial charge in [-0.25, -0.2) is 9.59 Å². The second-order valence-electron chi connectivity index (χ2n) is 13.0. The van der Waals surface area contributed by atoms with Crippen molar-refractivity contribution in [2.24, 2.45) is 0 Å². The predicted octanol–water partition coefficient (Wildman–Crippen LogP) is 7.51. The molecule has 0 aliphatic carbocycles. The predicted molar refractivity (Wildman–Crippen MR) is 216 cm³/mol. The lowest BCUT2D eigenvalue weighted by Gasteiger charge is -2.10. The van der Waals surface area contributed by atoms with Crippen LogP contribution in [0.5, 0.6) is 0 Å². The standard InChI is InChI=1S/C46H40N2O8/c49-43(47-19-21-53-23-25-55-45(51)39-13-5-11-37-27-33-7-1-3-9-35(33)29-41(37)39)31-15-17-32(18-16-31)44(50)48-20-22-54-24-26-56-46(52)40-14-6-12-38-28-34-8-2-4-10-36(34)30-42(38)40/h1-18,27-30H,19-26H2,(H,47,49)(H,48,50). The summed E-state index contributed by atoms with van der Waals surface area (Å²) >= 11 is 0. The maximum atomic E-state index is 12.8. The van der Waals surface area contributed by atoms with Crippen molar-refractivity contribution >= 4 is 66.8 Å². The molecule has 0 aliphatic heterocycles. The van der Waals surface area contributed by atoms with Crippen LogP contribution in [-0.4, -0.2) is 76.5 Å². The van der Waals surface area contributed by atoms with Crippen LogP contribution in [0.25, 0.3) is 43.1 Å². The molecule has 0 radical (unpaired) electrons. The third kappa shape index (κ3) is 9.18. The number of amides is 2. The van der Waals surface area contributed by atoms with Crippen LogP contribution in [0.3, 0.4) is 0 Å². The van der Waals surface area contributed by atoms with Gasteiger partial charge in [0.2, 0.25) is 0 Å². The summed E-state index contributed by atoms with van der Waals surface area (Å²) in [7, 11) is 0. The molecule has 2 amide bonds. The first-order chi connectivity index (χ1) is 27.4. The Labute approximate surface area is 323 Å². The lowest BCUT2D eigenvalue weighted by atomic mass is 10.00. The van der Waals surface area contributed by atoms with Gasteiger partial charge in [0.15, 0.2) is 0 Å². The second kappa shape index (κ2) is 18.1. The zero-order valence-electron chi connectivity index (χ0n) is 30.6. The van der Waals surface area contributed by atoms with E-state index in [1.54, 1.807) is 36.4 Å². The first-order valence-electron chi connectivity index (χ1n) is 18.4. The Morgan fingerprint density at radius 3 is 1.18 bits per heavy atom. The van der Waals surface area contributed by atoms with Crippen LogP contribution < -0.4 is 10.6 Å². The summed E-state index contributed by atoms with van der Waals surface area (Å²) in [4.78, 5) is 50.8. The van der Waals surface area contributed by atoms with Crippen LogP contribution in [0.2, 0.25) is 0 Å². The van der Waals surface area contributed by atoms with Gasteiger partial charge < -0.3 is 29.6 Å². The Bertz CT molecular complexity index is 2360. The molecule has 7 rings (SSSR count). The minimum atomic E-state index is -0.421. The SMILES string of the molecule is O=C(NCCOCCOC(=O)c1cccc2cc3ccccc3cc12)c1ccc(C(=O)NCCOCCOC(=O)c2cccc3cc4ccccc4cc23)cc1. The van der Waals surface area contributed by atoms with Gasteiger partial charge >= 0.3 is 11.9 Å². The molecular formula is C46H40N2O8. The zero-order valence-corrected chi connectivity index (χ0v) is 30.6. The molecule has 0 heterocycles. The Morgan fingerprint density at radius 1 is 0.393 bits per heavy atom. The average molecular weight is 749 g/mol. The van der Waals surface area contributed by atoms with E-state index >= 15 is 0 Å². The Hall–Kier alpha value is -6.62. The highest BCUT2D eigenvalue weighted by atomic mass is 16.6. The van der Waals surface area contributed by atoms with Crippen LogP contribution in [0.15, 0.2) is 133 Å². The summed E-state index contributed by atoms with van der Waals surface area (Å²) in [5.74, 6) is -1.46. The van der Waals surface area contributed by atoms with Gasteiger partial charge in [-0.15, -0.1) is 0 Å². The molecule has 10 nitrogen and oxygen atoms in total. The molecule has 0 aromatic heterocycles. The van der Waals surface area contributed by atoms with Crippen molar-refractivity contribution < 1.29 is 38.1 Å². The molecule has 0 fully saturated rings. The van der Waals surface area contributed by atoms with E-state index in [1.165, 1.54) is 0 Å². The fraction of sp³-hybridized carbons (Fsp3) is 0.174. The number of carbonyl (C=O) groups is 4. The highest BCUT2D eigenvalue weighted by molar-refractivity contribution is 6.10. The van der Waals surface area contributed by atoms with Crippen molar-refractivity contribution in [1.29, 1.82) is 0 Å². The molecule has 56 heavy (non-hydrogen) atoms. The van der Waals surface area contributed by atoms with E-state index in [1.807, 2.05) is 84.9 Å². The minimum absolute atomic E-state index is 0.0759. The van der Waals surface area contributed by atoms with Crippen LogP contribution >= 0.6 is 0 Å². The Morgan fingerprint density at radius 2 is 0.768 bits per heavy atom. The molecule has 0 saturated heterocycles. The maximum Gasteiger partial charge on any atom is 0.338 e. The van der Waals surface area contributed by atoms with Crippen molar-refractivity contribution in [2.75, 3.05) is 52.7 Å². The Kier molecular flexibility index (Phi) is 12.2. The third-order valence-corrected chi connectivity index (χ3v) is 9.33. The number of carbonyl (C=O) groups excluding carboxylic acids is 4. The van der Waals surface area contributed by atoms with Gasteiger partial charge in [0.1, 0.15) is 13.2 Å². The molecule has 0 atom stereocenters. The van der Waals surface area contributed by atoms with E-state index in [2.05, 4.69) is 22.8 Å². The van der Waals surface area contributed by atoms with Crippen molar-refractivity contribution in [2.45, 2.75) is 0 Å². The zero-order chi connectivity index (χ0) is 38.7. The van der Waals surface area contributed by atoms with E-state index < -0.39 is 11.9 Å². The molecule has 0 unspecified atom stereocenters. The van der Waals surface area contributed by atoms with E-state index in [4.69, 9.17) is 18.9 Å². The number of benzene rings is 7. The summed E-state index contributed by atoms with van der Waals surface area (Å²) in [6.45, 7) is 1.49. The smallest absolute Gasteiger partial charge is 0.338 e. The van der Waals surface area contributed by atoms with Gasteiger partial charge in [-0.3, -0.25) is 9.59 Å². The van der Waals surface area contributed by atoms with Crippen molar-refractivity contribution in [3.8, 4) is 0 Å². The molecule has 282 valence electrons. The number of hydrogen-bond acceptors (Lipinski definition) is 8. The van der Waals surface area contributed by atoms with Crippen molar-refractivity contribution in [3.05, 3.63) is 156 Å². The summed E-state index contributed by atoms with van der Waals surface area (Å²) in [6.07, 6.45) is 0. The summed E-state index contributed by atoms with van der Waals surface area (Å²) in [6, 6.07) is 41.5. The number of fused-ring (bicyclic) bond motifs is 4. The molecule has 10 heteroatoms. The summed E-state index contributed by atoms with van der Waals surface area (Å²) in [5.41, 5.74) is 1.79. The van der Waals surface area contributed by atoms with Crippen LogP contribution in [-0.2, 0) is 18.9 Å². The normalized spacial score (nSPS) is 11.1. The first-order valence-corrected chi connectivity index (χ1v) is 18.4. The highest BCUT2D eigenvalue weighted by Crippen LogP contribution is 2.27. The topological polar surface area (TPSA) is 129 Å². The minimum Gasteiger partial charge on any atom is -0.460 e. The van der Waals surface area contributed by atoms with E-state index in [0.29, 0.717) is 22.3 Å². The lowest BCUT2D eigenvalue weighted by Crippen LogP contribution is -2.29. The van der Waals surface area contributed by atoms with Crippen LogP contribution in [0.4, 0.5) is 0 Å². The summed E-state index contributed by atoms with van der Waals surface area (Å²) in [5, 5.41) is 13.4. The molecule has 0 spiro atoms. The van der Waals surface area contributed by atoms with Gasteiger partial charge in [-0.1, -0.05) is 72.8 Å². The van der Waals surface area contributed by atoms with Gasteiger partial charge in [0, 0.05) is 24.2 Å². The molecule has 0 bridgehead atoms.